The number of rotatable bonds is 7. The zero-order chi connectivity index (χ0) is 27.6. The fourth-order valence-corrected chi connectivity index (χ4v) is 6.16. The second-order valence-corrected chi connectivity index (χ2v) is 10.5. The van der Waals surface area contributed by atoms with Gasteiger partial charge in [0.15, 0.2) is 0 Å². The van der Waals surface area contributed by atoms with E-state index in [4.69, 9.17) is 9.47 Å². The molecule has 2 aliphatic rings. The SMILES string of the molecule is O=C1O[C@H](COC(c2ccccc2)(c2ccccc2)c2ccccc2)[C@H]2Cn3nnc(-c4ccccc4)c3CCN12. The molecular weight excluding hydrogens is 512 g/mol. The summed E-state index contributed by atoms with van der Waals surface area (Å²) in [5, 5.41) is 9.01. The van der Waals surface area contributed by atoms with Crippen LogP contribution in [-0.2, 0) is 28.0 Å². The van der Waals surface area contributed by atoms with Gasteiger partial charge in [-0.05, 0) is 16.7 Å². The van der Waals surface area contributed by atoms with Crippen LogP contribution in [0.2, 0.25) is 0 Å². The van der Waals surface area contributed by atoms with Gasteiger partial charge in [0.25, 0.3) is 0 Å². The van der Waals surface area contributed by atoms with E-state index in [0.717, 1.165) is 33.6 Å². The van der Waals surface area contributed by atoms with Crippen LogP contribution in [0.5, 0.6) is 0 Å². The fourth-order valence-electron chi connectivity index (χ4n) is 6.16. The lowest BCUT2D eigenvalue weighted by molar-refractivity contribution is -0.0388. The fraction of sp³-hybridized carbons (Fsp3) is 0.206. The Labute approximate surface area is 239 Å². The highest BCUT2D eigenvalue weighted by Gasteiger charge is 2.46. The van der Waals surface area contributed by atoms with Crippen LogP contribution in [0.3, 0.4) is 0 Å². The molecule has 204 valence electrons. The highest BCUT2D eigenvalue weighted by atomic mass is 16.6. The lowest BCUT2D eigenvalue weighted by Gasteiger charge is -2.37. The van der Waals surface area contributed by atoms with Gasteiger partial charge in [-0.1, -0.05) is 127 Å². The average molecular weight is 543 g/mol. The summed E-state index contributed by atoms with van der Waals surface area (Å²) < 4.78 is 14.9. The van der Waals surface area contributed by atoms with Gasteiger partial charge in [-0.2, -0.15) is 0 Å². The molecule has 0 N–H and O–H groups in total. The topological polar surface area (TPSA) is 69.5 Å². The smallest absolute Gasteiger partial charge is 0.410 e. The van der Waals surface area contributed by atoms with E-state index in [1.54, 1.807) is 0 Å². The van der Waals surface area contributed by atoms with Crippen LogP contribution in [0.25, 0.3) is 11.3 Å². The summed E-state index contributed by atoms with van der Waals surface area (Å²) in [4.78, 5) is 15.0. The standard InChI is InChI=1S/C34H30N4O3/c39-33-37-22-21-29-32(25-13-5-1-6-14-25)35-36-38(29)23-30(37)31(41-33)24-40-34(26-15-7-2-8-16-26,27-17-9-3-10-18-27)28-19-11-4-12-20-28/h1-20,30-31H,21-24H2/t30-,31-/m1/s1. The monoisotopic (exact) mass is 542 g/mol. The molecule has 1 aromatic heterocycles. The molecule has 5 aromatic rings. The molecule has 7 nitrogen and oxygen atoms in total. The van der Waals surface area contributed by atoms with E-state index >= 15 is 0 Å². The van der Waals surface area contributed by atoms with Crippen molar-refractivity contribution in [1.82, 2.24) is 19.9 Å². The summed E-state index contributed by atoms with van der Waals surface area (Å²) in [5.74, 6) is 0. The van der Waals surface area contributed by atoms with Gasteiger partial charge in [-0.3, -0.25) is 4.90 Å². The number of benzene rings is 4. The molecule has 1 saturated heterocycles. The zero-order valence-corrected chi connectivity index (χ0v) is 22.5. The molecular formula is C34H30N4O3. The Morgan fingerprint density at radius 3 is 1.88 bits per heavy atom. The Morgan fingerprint density at radius 2 is 1.32 bits per heavy atom. The summed E-state index contributed by atoms with van der Waals surface area (Å²) in [6, 6.07) is 40.5. The van der Waals surface area contributed by atoms with Crippen LogP contribution < -0.4 is 0 Å². The first-order valence-corrected chi connectivity index (χ1v) is 14.0. The van der Waals surface area contributed by atoms with Crippen LogP contribution >= 0.6 is 0 Å². The van der Waals surface area contributed by atoms with Gasteiger partial charge in [-0.25, -0.2) is 9.48 Å². The molecule has 4 aromatic carbocycles. The van der Waals surface area contributed by atoms with Crippen LogP contribution in [0, 0.1) is 0 Å². The lowest BCUT2D eigenvalue weighted by Crippen LogP contribution is -2.43. The maximum Gasteiger partial charge on any atom is 0.410 e. The van der Waals surface area contributed by atoms with Crippen molar-refractivity contribution < 1.29 is 14.3 Å². The van der Waals surface area contributed by atoms with Crippen molar-refractivity contribution in [3.8, 4) is 11.3 Å². The van der Waals surface area contributed by atoms with E-state index in [-0.39, 0.29) is 18.7 Å². The van der Waals surface area contributed by atoms with E-state index in [9.17, 15) is 4.79 Å². The first-order chi connectivity index (χ1) is 20.2. The molecule has 2 atom stereocenters. The molecule has 0 unspecified atom stereocenters. The third-order valence-electron chi connectivity index (χ3n) is 8.16. The molecule has 7 heteroatoms. The highest BCUT2D eigenvalue weighted by Crippen LogP contribution is 2.41. The minimum Gasteiger partial charge on any atom is -0.441 e. The third kappa shape index (κ3) is 4.48. The van der Waals surface area contributed by atoms with E-state index in [1.807, 2.05) is 94.5 Å². The van der Waals surface area contributed by atoms with E-state index in [1.165, 1.54) is 0 Å². The van der Waals surface area contributed by atoms with Gasteiger partial charge in [0.2, 0.25) is 0 Å². The van der Waals surface area contributed by atoms with Crippen molar-refractivity contribution >= 4 is 6.09 Å². The molecule has 0 radical (unpaired) electrons. The van der Waals surface area contributed by atoms with Crippen molar-refractivity contribution in [1.29, 1.82) is 0 Å². The summed E-state index contributed by atoms with van der Waals surface area (Å²) in [5.41, 5.74) is 5.04. The molecule has 7 rings (SSSR count). The van der Waals surface area contributed by atoms with Crippen molar-refractivity contribution in [2.24, 2.45) is 0 Å². The van der Waals surface area contributed by atoms with Crippen LogP contribution in [0.15, 0.2) is 121 Å². The first-order valence-electron chi connectivity index (χ1n) is 14.0. The number of fused-ring (bicyclic) bond motifs is 2. The highest BCUT2D eigenvalue weighted by molar-refractivity contribution is 5.71. The summed E-state index contributed by atoms with van der Waals surface area (Å²) in [7, 11) is 0. The van der Waals surface area contributed by atoms with Crippen molar-refractivity contribution in [3.63, 3.8) is 0 Å². The minimum atomic E-state index is -0.896. The number of hydrogen-bond acceptors (Lipinski definition) is 5. The molecule has 0 bridgehead atoms. The Balaban J connectivity index is 1.24. The molecule has 0 spiro atoms. The zero-order valence-electron chi connectivity index (χ0n) is 22.5. The van der Waals surface area contributed by atoms with Crippen LogP contribution in [-0.4, -0.2) is 51.3 Å². The average Bonchev–Trinajstić information content (AvgIpc) is 3.51. The molecule has 0 saturated carbocycles. The van der Waals surface area contributed by atoms with Gasteiger partial charge in [0.05, 0.1) is 24.9 Å². The minimum absolute atomic E-state index is 0.209. The van der Waals surface area contributed by atoms with E-state index < -0.39 is 11.7 Å². The number of amides is 1. The largest absolute Gasteiger partial charge is 0.441 e. The number of aromatic nitrogens is 3. The quantitative estimate of drug-likeness (QED) is 0.247. The second-order valence-electron chi connectivity index (χ2n) is 10.5. The Hall–Kier alpha value is -4.75. The van der Waals surface area contributed by atoms with Gasteiger partial charge >= 0.3 is 6.09 Å². The van der Waals surface area contributed by atoms with Gasteiger partial charge < -0.3 is 9.47 Å². The van der Waals surface area contributed by atoms with Crippen molar-refractivity contribution in [2.75, 3.05) is 13.2 Å². The van der Waals surface area contributed by atoms with Gasteiger partial charge in [0.1, 0.15) is 17.4 Å². The number of carbonyl (C=O) groups excluding carboxylic acids is 1. The maximum atomic E-state index is 13.1. The second kappa shape index (κ2) is 10.7. The molecule has 1 amide bonds. The number of ether oxygens (including phenoxy) is 2. The molecule has 0 aliphatic carbocycles. The number of cyclic esters (lactones) is 1. The van der Waals surface area contributed by atoms with Crippen molar-refractivity contribution in [2.45, 2.75) is 30.7 Å². The van der Waals surface area contributed by atoms with E-state index in [0.29, 0.717) is 19.5 Å². The Kier molecular flexibility index (Phi) is 6.57. The molecule has 2 aliphatic heterocycles. The Morgan fingerprint density at radius 1 is 0.780 bits per heavy atom. The predicted octanol–water partition coefficient (Wildman–Crippen LogP) is 5.70. The van der Waals surface area contributed by atoms with Crippen LogP contribution in [0.4, 0.5) is 4.79 Å². The van der Waals surface area contributed by atoms with E-state index in [2.05, 4.69) is 46.7 Å². The Bertz CT molecular complexity index is 1530. The maximum absolute atomic E-state index is 13.1. The molecule has 41 heavy (non-hydrogen) atoms. The molecule has 3 heterocycles. The number of nitrogens with zero attached hydrogens (tertiary/aromatic N) is 4. The third-order valence-corrected chi connectivity index (χ3v) is 8.16. The van der Waals surface area contributed by atoms with Crippen molar-refractivity contribution in [3.05, 3.63) is 144 Å². The normalized spacial score (nSPS) is 18.3. The molecule has 1 fully saturated rings. The predicted molar refractivity (Wildman–Crippen MR) is 155 cm³/mol. The summed E-state index contributed by atoms with van der Waals surface area (Å²) in [6.45, 7) is 1.24. The first kappa shape index (κ1) is 25.2. The lowest BCUT2D eigenvalue weighted by atomic mass is 9.80. The number of hydrogen-bond donors (Lipinski definition) is 0. The summed E-state index contributed by atoms with van der Waals surface area (Å²) >= 11 is 0. The number of carbonyl (C=O) groups is 1. The van der Waals surface area contributed by atoms with Crippen LogP contribution in [0.1, 0.15) is 22.4 Å². The summed E-state index contributed by atoms with van der Waals surface area (Å²) in [6.07, 6.45) is -0.139. The van der Waals surface area contributed by atoms with Gasteiger partial charge in [-0.15, -0.1) is 5.10 Å². The van der Waals surface area contributed by atoms with Gasteiger partial charge in [0, 0.05) is 18.5 Å².